The van der Waals surface area contributed by atoms with Crippen LogP contribution in [0.1, 0.15) is 21.1 Å². The molecule has 0 spiro atoms. The summed E-state index contributed by atoms with van der Waals surface area (Å²) >= 11 is 1.78. The number of benzene rings is 1. The van der Waals surface area contributed by atoms with Crippen molar-refractivity contribution in [2.24, 2.45) is 0 Å². The molecule has 1 heterocycles. The molecule has 0 atom stereocenters. The Morgan fingerprint density at radius 1 is 1.21 bits per heavy atom. The normalized spacial score (nSPS) is 10.7. The molecule has 0 bridgehead atoms. The van der Waals surface area contributed by atoms with Crippen LogP contribution < -0.4 is 10.1 Å². The van der Waals surface area contributed by atoms with E-state index in [0.717, 1.165) is 36.0 Å². The third-order valence-electron chi connectivity index (χ3n) is 3.03. The summed E-state index contributed by atoms with van der Waals surface area (Å²) in [5.74, 6) is 0.910. The first-order valence-electron chi connectivity index (χ1n) is 6.45. The van der Waals surface area contributed by atoms with Gasteiger partial charge in [0, 0.05) is 11.4 Å². The van der Waals surface area contributed by atoms with Crippen molar-refractivity contribution in [2.45, 2.75) is 26.8 Å². The monoisotopic (exact) mass is 276 g/mol. The van der Waals surface area contributed by atoms with Crippen LogP contribution in [0.5, 0.6) is 5.75 Å². The molecule has 2 aromatic rings. The SMILES string of the molecule is COc1ccc(CCNCc2sc(C)nc2C)cc1. The summed E-state index contributed by atoms with van der Waals surface area (Å²) in [5.41, 5.74) is 2.48. The number of aryl methyl sites for hydroxylation is 2. The molecule has 1 aromatic carbocycles. The van der Waals surface area contributed by atoms with E-state index in [4.69, 9.17) is 4.74 Å². The predicted octanol–water partition coefficient (Wildman–Crippen LogP) is 3.10. The quantitative estimate of drug-likeness (QED) is 0.823. The van der Waals surface area contributed by atoms with Crippen molar-refractivity contribution in [3.63, 3.8) is 0 Å². The second kappa shape index (κ2) is 6.68. The summed E-state index contributed by atoms with van der Waals surface area (Å²) in [6.45, 7) is 6.01. The van der Waals surface area contributed by atoms with E-state index in [1.54, 1.807) is 18.4 Å². The van der Waals surface area contributed by atoms with Gasteiger partial charge in [0.2, 0.25) is 0 Å². The summed E-state index contributed by atoms with van der Waals surface area (Å²) in [5, 5.41) is 4.62. The van der Waals surface area contributed by atoms with Crippen molar-refractivity contribution >= 4 is 11.3 Å². The van der Waals surface area contributed by atoms with E-state index in [-0.39, 0.29) is 0 Å². The molecule has 0 radical (unpaired) electrons. The second-order valence-corrected chi connectivity index (χ2v) is 5.80. The maximum atomic E-state index is 5.15. The van der Waals surface area contributed by atoms with E-state index in [0.29, 0.717) is 0 Å². The molecule has 0 unspecified atom stereocenters. The van der Waals surface area contributed by atoms with Gasteiger partial charge >= 0.3 is 0 Å². The first-order chi connectivity index (χ1) is 9.19. The number of nitrogens with one attached hydrogen (secondary N) is 1. The average molecular weight is 276 g/mol. The highest BCUT2D eigenvalue weighted by Crippen LogP contribution is 2.16. The zero-order valence-electron chi connectivity index (χ0n) is 11.7. The van der Waals surface area contributed by atoms with Crippen LogP contribution in [0.15, 0.2) is 24.3 Å². The Hall–Kier alpha value is -1.39. The Bertz CT molecular complexity index is 519. The van der Waals surface area contributed by atoms with Crippen LogP contribution in [-0.4, -0.2) is 18.6 Å². The fourth-order valence-electron chi connectivity index (χ4n) is 1.96. The largest absolute Gasteiger partial charge is 0.497 e. The lowest BCUT2D eigenvalue weighted by Gasteiger charge is -2.05. The lowest BCUT2D eigenvalue weighted by atomic mass is 10.1. The van der Waals surface area contributed by atoms with E-state index in [1.165, 1.54) is 10.4 Å². The molecular formula is C15H20N2OS. The fourth-order valence-corrected chi connectivity index (χ4v) is 2.87. The van der Waals surface area contributed by atoms with Gasteiger partial charge < -0.3 is 10.1 Å². The number of nitrogens with zero attached hydrogens (tertiary/aromatic N) is 1. The third-order valence-corrected chi connectivity index (χ3v) is 4.11. The fraction of sp³-hybridized carbons (Fsp3) is 0.400. The maximum absolute atomic E-state index is 5.15. The van der Waals surface area contributed by atoms with Crippen LogP contribution >= 0.6 is 11.3 Å². The van der Waals surface area contributed by atoms with E-state index < -0.39 is 0 Å². The number of aromatic nitrogens is 1. The van der Waals surface area contributed by atoms with Gasteiger partial charge in [-0.1, -0.05) is 12.1 Å². The van der Waals surface area contributed by atoms with Crippen LogP contribution in [0.2, 0.25) is 0 Å². The first-order valence-corrected chi connectivity index (χ1v) is 7.27. The number of hydrogen-bond acceptors (Lipinski definition) is 4. The molecule has 0 amide bonds. The molecule has 2 rings (SSSR count). The lowest BCUT2D eigenvalue weighted by molar-refractivity contribution is 0.414. The second-order valence-electron chi connectivity index (χ2n) is 4.52. The minimum Gasteiger partial charge on any atom is -0.497 e. The van der Waals surface area contributed by atoms with Gasteiger partial charge in [-0.25, -0.2) is 4.98 Å². The summed E-state index contributed by atoms with van der Waals surface area (Å²) in [6, 6.07) is 8.24. The van der Waals surface area contributed by atoms with Crippen molar-refractivity contribution in [1.82, 2.24) is 10.3 Å². The Morgan fingerprint density at radius 3 is 2.53 bits per heavy atom. The highest BCUT2D eigenvalue weighted by Gasteiger charge is 2.03. The van der Waals surface area contributed by atoms with E-state index in [1.807, 2.05) is 12.1 Å². The molecule has 0 fully saturated rings. The van der Waals surface area contributed by atoms with Crippen molar-refractivity contribution in [3.8, 4) is 5.75 Å². The van der Waals surface area contributed by atoms with E-state index in [9.17, 15) is 0 Å². The maximum Gasteiger partial charge on any atom is 0.118 e. The van der Waals surface area contributed by atoms with Gasteiger partial charge in [-0.05, 0) is 44.5 Å². The minimum atomic E-state index is 0.910. The van der Waals surface area contributed by atoms with Gasteiger partial charge in [0.25, 0.3) is 0 Å². The van der Waals surface area contributed by atoms with Gasteiger partial charge in [0.05, 0.1) is 17.8 Å². The van der Waals surface area contributed by atoms with E-state index >= 15 is 0 Å². The van der Waals surface area contributed by atoms with Gasteiger partial charge in [-0.2, -0.15) is 0 Å². The van der Waals surface area contributed by atoms with Crippen molar-refractivity contribution in [3.05, 3.63) is 45.4 Å². The topological polar surface area (TPSA) is 34.1 Å². The lowest BCUT2D eigenvalue weighted by Crippen LogP contribution is -2.16. The zero-order chi connectivity index (χ0) is 13.7. The molecule has 4 heteroatoms. The molecule has 0 aliphatic heterocycles. The van der Waals surface area contributed by atoms with Gasteiger partial charge in [-0.3, -0.25) is 0 Å². The van der Waals surface area contributed by atoms with E-state index in [2.05, 4.69) is 36.3 Å². The predicted molar refractivity (Wildman–Crippen MR) is 80.0 cm³/mol. The summed E-state index contributed by atoms with van der Waals surface area (Å²) in [7, 11) is 1.69. The van der Waals surface area contributed by atoms with Crippen LogP contribution in [0.25, 0.3) is 0 Å². The average Bonchev–Trinajstić information content (AvgIpc) is 2.74. The van der Waals surface area contributed by atoms with Crippen molar-refractivity contribution < 1.29 is 4.74 Å². The molecule has 1 aromatic heterocycles. The number of rotatable bonds is 6. The molecule has 0 saturated heterocycles. The Kier molecular flexibility index (Phi) is 4.93. The van der Waals surface area contributed by atoms with Gasteiger partial charge in [0.15, 0.2) is 0 Å². The summed E-state index contributed by atoms with van der Waals surface area (Å²) in [4.78, 5) is 5.77. The first kappa shape index (κ1) is 14.0. The Labute approximate surface area is 118 Å². The van der Waals surface area contributed by atoms with Gasteiger partial charge in [0.1, 0.15) is 5.75 Å². The van der Waals surface area contributed by atoms with Crippen LogP contribution in [0, 0.1) is 13.8 Å². The molecule has 102 valence electrons. The smallest absolute Gasteiger partial charge is 0.118 e. The zero-order valence-corrected chi connectivity index (χ0v) is 12.5. The molecule has 1 N–H and O–H groups in total. The third kappa shape index (κ3) is 4.04. The molecule has 3 nitrogen and oxygen atoms in total. The summed E-state index contributed by atoms with van der Waals surface area (Å²) < 4.78 is 5.15. The number of ether oxygens (including phenoxy) is 1. The van der Waals surface area contributed by atoms with Crippen LogP contribution in [0.3, 0.4) is 0 Å². The van der Waals surface area contributed by atoms with Crippen molar-refractivity contribution in [1.29, 1.82) is 0 Å². The number of hydrogen-bond donors (Lipinski definition) is 1. The molecule has 0 aliphatic rings. The summed E-state index contributed by atoms with van der Waals surface area (Å²) in [6.07, 6.45) is 1.03. The Balaban J connectivity index is 1.75. The highest BCUT2D eigenvalue weighted by molar-refractivity contribution is 7.11. The van der Waals surface area contributed by atoms with Crippen molar-refractivity contribution in [2.75, 3.05) is 13.7 Å². The molecule has 19 heavy (non-hydrogen) atoms. The highest BCUT2D eigenvalue weighted by atomic mass is 32.1. The van der Waals surface area contributed by atoms with Gasteiger partial charge in [-0.15, -0.1) is 11.3 Å². The van der Waals surface area contributed by atoms with Crippen LogP contribution in [0.4, 0.5) is 0 Å². The number of methoxy groups -OCH3 is 1. The minimum absolute atomic E-state index is 0.910. The van der Waals surface area contributed by atoms with Crippen LogP contribution in [-0.2, 0) is 13.0 Å². The molecular weight excluding hydrogens is 256 g/mol. The molecule has 0 aliphatic carbocycles. The molecule has 0 saturated carbocycles. The Morgan fingerprint density at radius 2 is 1.95 bits per heavy atom. The standard InChI is InChI=1S/C15H20N2OS/c1-11-15(19-12(2)17-11)10-16-9-8-13-4-6-14(18-3)7-5-13/h4-7,16H,8-10H2,1-3H3. The number of thiazole rings is 1.